The second-order valence-corrected chi connectivity index (χ2v) is 11.9. The molecule has 0 spiro atoms. The molecule has 5 rings (SSSR count). The van der Waals surface area contributed by atoms with Crippen molar-refractivity contribution in [1.29, 1.82) is 5.26 Å². The van der Waals surface area contributed by atoms with E-state index in [4.69, 9.17) is 16.3 Å². The van der Waals surface area contributed by atoms with E-state index < -0.39 is 18.0 Å². The average Bonchev–Trinajstić information content (AvgIpc) is 3.60. The third kappa shape index (κ3) is 5.61. The number of alkyl halides is 2. The van der Waals surface area contributed by atoms with Gasteiger partial charge in [0, 0.05) is 41.1 Å². The standard InChI is InChI=1S/C29H31ClF2N8O/c1-16-19(6-7-23(36-16)41-5)26(22-14-40(39-38-22)29(8-9-29)27(31)32)37-18-10-20-24(35-15-28(2,3)4)17(12-33)13-34-25(20)21(30)11-18/h6-7,10-11,13-14,26-27,37H,8-9,15H2,1-5H3,(H,34,35). The van der Waals surface area contributed by atoms with Crippen LogP contribution in [0.5, 0.6) is 5.88 Å². The third-order valence-corrected chi connectivity index (χ3v) is 7.49. The molecule has 0 bridgehead atoms. The number of nitriles is 1. The Morgan fingerprint density at radius 2 is 2.00 bits per heavy atom. The van der Waals surface area contributed by atoms with Gasteiger partial charge in [-0.15, -0.1) is 5.10 Å². The van der Waals surface area contributed by atoms with Crippen molar-refractivity contribution in [2.45, 2.75) is 58.5 Å². The highest BCUT2D eigenvalue weighted by Crippen LogP contribution is 2.48. The minimum Gasteiger partial charge on any atom is -0.481 e. The molecule has 1 saturated carbocycles. The lowest BCUT2D eigenvalue weighted by Crippen LogP contribution is -2.26. The maximum atomic E-state index is 13.8. The van der Waals surface area contributed by atoms with E-state index in [0.717, 1.165) is 5.56 Å². The number of methoxy groups -OCH3 is 1. The Bertz CT molecular complexity index is 1640. The van der Waals surface area contributed by atoms with Crippen LogP contribution in [0.15, 0.2) is 36.7 Å². The molecule has 0 amide bonds. The molecular weight excluding hydrogens is 550 g/mol. The summed E-state index contributed by atoms with van der Waals surface area (Å²) in [5.74, 6) is 0.446. The van der Waals surface area contributed by atoms with Gasteiger partial charge in [-0.25, -0.2) is 18.4 Å². The maximum absolute atomic E-state index is 13.8. The van der Waals surface area contributed by atoms with Gasteiger partial charge < -0.3 is 15.4 Å². The van der Waals surface area contributed by atoms with Gasteiger partial charge in [-0.3, -0.25) is 4.98 Å². The molecule has 0 saturated heterocycles. The minimum absolute atomic E-state index is 0.0467. The Balaban J connectivity index is 1.61. The highest BCUT2D eigenvalue weighted by molar-refractivity contribution is 6.35. The zero-order chi connectivity index (χ0) is 29.5. The van der Waals surface area contributed by atoms with Gasteiger partial charge in [-0.2, -0.15) is 5.26 Å². The first-order chi connectivity index (χ1) is 19.5. The van der Waals surface area contributed by atoms with Gasteiger partial charge in [0.1, 0.15) is 17.3 Å². The molecule has 9 nitrogen and oxygen atoms in total. The molecule has 3 aromatic heterocycles. The monoisotopic (exact) mass is 580 g/mol. The van der Waals surface area contributed by atoms with Crippen LogP contribution in [-0.4, -0.2) is 45.0 Å². The third-order valence-electron chi connectivity index (χ3n) is 7.20. The van der Waals surface area contributed by atoms with Crippen LogP contribution in [0.1, 0.15) is 62.2 Å². The van der Waals surface area contributed by atoms with E-state index in [1.54, 1.807) is 18.3 Å². The van der Waals surface area contributed by atoms with Crippen molar-refractivity contribution >= 4 is 33.9 Å². The Morgan fingerprint density at radius 3 is 2.61 bits per heavy atom. The van der Waals surface area contributed by atoms with Gasteiger partial charge in [0.25, 0.3) is 6.43 Å². The van der Waals surface area contributed by atoms with E-state index in [-0.39, 0.29) is 5.41 Å². The number of aryl methyl sites for hydroxylation is 1. The van der Waals surface area contributed by atoms with E-state index in [9.17, 15) is 14.0 Å². The number of benzene rings is 1. The van der Waals surface area contributed by atoms with Crippen LogP contribution >= 0.6 is 11.6 Å². The number of hydrogen-bond donors (Lipinski definition) is 2. The van der Waals surface area contributed by atoms with E-state index in [1.807, 2.05) is 19.1 Å². The van der Waals surface area contributed by atoms with Crippen molar-refractivity contribution in [1.82, 2.24) is 25.0 Å². The summed E-state index contributed by atoms with van der Waals surface area (Å²) >= 11 is 6.72. The quantitative estimate of drug-likeness (QED) is 0.231. The lowest BCUT2D eigenvalue weighted by Gasteiger charge is -2.23. The lowest BCUT2D eigenvalue weighted by atomic mass is 9.96. The Kier molecular flexibility index (Phi) is 7.46. The molecule has 1 unspecified atom stereocenters. The molecule has 12 heteroatoms. The van der Waals surface area contributed by atoms with Crippen molar-refractivity contribution in [2.24, 2.45) is 5.41 Å². The SMILES string of the molecule is COc1ccc(C(Nc2cc(Cl)c3ncc(C#N)c(NCC(C)(C)C)c3c2)c2cn(C3(C(F)F)CC3)nn2)c(C)n1. The number of nitrogens with one attached hydrogen (secondary N) is 2. The van der Waals surface area contributed by atoms with Crippen LogP contribution in [-0.2, 0) is 5.54 Å². The van der Waals surface area contributed by atoms with Crippen LogP contribution < -0.4 is 15.4 Å². The number of hydrogen-bond acceptors (Lipinski definition) is 8. The topological polar surface area (TPSA) is 114 Å². The largest absolute Gasteiger partial charge is 0.481 e. The fourth-order valence-corrected chi connectivity index (χ4v) is 4.99. The highest BCUT2D eigenvalue weighted by atomic mass is 35.5. The first-order valence-electron chi connectivity index (χ1n) is 13.2. The van der Waals surface area contributed by atoms with Crippen molar-refractivity contribution in [3.05, 3.63) is 64.2 Å². The number of pyridine rings is 2. The predicted octanol–water partition coefficient (Wildman–Crippen LogP) is 6.48. The van der Waals surface area contributed by atoms with Gasteiger partial charge >= 0.3 is 0 Å². The molecule has 0 aliphatic heterocycles. The fraction of sp³-hybridized carbons (Fsp3) is 0.414. The number of rotatable bonds is 9. The second kappa shape index (κ2) is 10.7. The number of aromatic nitrogens is 5. The van der Waals surface area contributed by atoms with Gasteiger partial charge in [-0.05, 0) is 43.4 Å². The minimum atomic E-state index is -2.55. The van der Waals surface area contributed by atoms with Crippen LogP contribution in [0.2, 0.25) is 5.02 Å². The summed E-state index contributed by atoms with van der Waals surface area (Å²) in [7, 11) is 1.54. The number of nitrogens with zero attached hydrogens (tertiary/aromatic N) is 6. The fourth-order valence-electron chi connectivity index (χ4n) is 4.72. The van der Waals surface area contributed by atoms with E-state index >= 15 is 0 Å². The smallest absolute Gasteiger partial charge is 0.263 e. The molecule has 41 heavy (non-hydrogen) atoms. The molecule has 1 fully saturated rings. The summed E-state index contributed by atoms with van der Waals surface area (Å²) in [5.41, 5.74) is 2.69. The molecule has 1 aliphatic carbocycles. The number of fused-ring (bicyclic) bond motifs is 1. The van der Waals surface area contributed by atoms with Crippen LogP contribution in [0.25, 0.3) is 10.9 Å². The van der Waals surface area contributed by atoms with Crippen molar-refractivity contribution in [2.75, 3.05) is 24.3 Å². The van der Waals surface area contributed by atoms with Crippen molar-refractivity contribution in [3.63, 3.8) is 0 Å². The van der Waals surface area contributed by atoms with Gasteiger partial charge in [-0.1, -0.05) is 37.6 Å². The molecule has 2 N–H and O–H groups in total. The summed E-state index contributed by atoms with van der Waals surface area (Å²) in [4.78, 5) is 8.95. The molecule has 0 radical (unpaired) electrons. The zero-order valence-electron chi connectivity index (χ0n) is 23.5. The first-order valence-corrected chi connectivity index (χ1v) is 13.6. The summed E-state index contributed by atoms with van der Waals surface area (Å²) in [6, 6.07) is 8.79. The summed E-state index contributed by atoms with van der Waals surface area (Å²) in [5, 5.41) is 26.1. The summed E-state index contributed by atoms with van der Waals surface area (Å²) < 4.78 is 34.2. The molecule has 3 heterocycles. The zero-order valence-corrected chi connectivity index (χ0v) is 24.2. The average molecular weight is 581 g/mol. The van der Waals surface area contributed by atoms with Crippen molar-refractivity contribution < 1.29 is 13.5 Å². The van der Waals surface area contributed by atoms with E-state index in [0.29, 0.717) is 69.5 Å². The number of anilines is 2. The molecule has 1 aliphatic rings. The normalized spacial score (nSPS) is 15.0. The van der Waals surface area contributed by atoms with Gasteiger partial charge in [0.05, 0.1) is 41.1 Å². The molecular formula is C29H31ClF2N8O. The van der Waals surface area contributed by atoms with Gasteiger partial charge in [0.15, 0.2) is 0 Å². The summed E-state index contributed by atoms with van der Waals surface area (Å²) in [6.45, 7) is 8.74. The van der Waals surface area contributed by atoms with Gasteiger partial charge in [0.2, 0.25) is 5.88 Å². The highest BCUT2D eigenvalue weighted by Gasteiger charge is 2.54. The summed E-state index contributed by atoms with van der Waals surface area (Å²) in [6.07, 6.45) is 1.21. The second-order valence-electron chi connectivity index (χ2n) is 11.5. The van der Waals surface area contributed by atoms with E-state index in [1.165, 1.54) is 18.0 Å². The van der Waals surface area contributed by atoms with Crippen LogP contribution in [0.3, 0.4) is 0 Å². The Morgan fingerprint density at radius 1 is 1.24 bits per heavy atom. The molecule has 1 atom stereocenters. The maximum Gasteiger partial charge on any atom is 0.263 e. The molecule has 214 valence electrons. The van der Waals surface area contributed by atoms with Crippen LogP contribution in [0, 0.1) is 23.7 Å². The number of ether oxygens (including phenoxy) is 1. The predicted molar refractivity (Wildman–Crippen MR) is 154 cm³/mol. The lowest BCUT2D eigenvalue weighted by molar-refractivity contribution is 0.0593. The van der Waals surface area contributed by atoms with E-state index in [2.05, 4.69) is 57.8 Å². The molecule has 1 aromatic carbocycles. The Hall–Kier alpha value is -4.04. The Labute approximate surface area is 241 Å². The molecule has 4 aromatic rings. The number of halogens is 3. The first kappa shape index (κ1) is 28.5. The van der Waals surface area contributed by atoms with Crippen molar-refractivity contribution in [3.8, 4) is 11.9 Å². The van der Waals surface area contributed by atoms with Crippen LogP contribution in [0.4, 0.5) is 20.2 Å².